The molecule has 300 valence electrons. The lowest BCUT2D eigenvalue weighted by Crippen LogP contribution is -2.30. The molecule has 0 heterocycles. The molecule has 2 aliphatic carbocycles. The van der Waals surface area contributed by atoms with Crippen molar-refractivity contribution in [2.75, 3.05) is 26.3 Å². The van der Waals surface area contributed by atoms with E-state index in [0.29, 0.717) is 39.1 Å². The molecule has 58 heavy (non-hydrogen) atoms. The summed E-state index contributed by atoms with van der Waals surface area (Å²) in [5, 5.41) is 45.1. The maximum absolute atomic E-state index is 10.3. The Bertz CT molecular complexity index is 2100. The minimum atomic E-state index is -0.475. The van der Waals surface area contributed by atoms with Crippen LogP contribution in [0.1, 0.15) is 56.6 Å². The Morgan fingerprint density at radius 2 is 0.931 bits per heavy atom. The van der Waals surface area contributed by atoms with Gasteiger partial charge in [0.25, 0.3) is 0 Å². The van der Waals surface area contributed by atoms with Gasteiger partial charge < -0.3 is 40.5 Å². The molecule has 0 aliphatic heterocycles. The Balaban J connectivity index is 0.000000177. The van der Waals surface area contributed by atoms with Gasteiger partial charge in [-0.05, 0) is 105 Å². The van der Waals surface area contributed by atoms with Crippen LogP contribution in [0.5, 0.6) is 11.5 Å². The maximum Gasteiger partial charge on any atom is 0.120 e. The van der Waals surface area contributed by atoms with Crippen LogP contribution in [0.3, 0.4) is 0 Å². The van der Waals surface area contributed by atoms with Crippen LogP contribution in [-0.4, -0.2) is 58.9 Å². The fourth-order valence-electron chi connectivity index (χ4n) is 8.20. The van der Waals surface area contributed by atoms with Gasteiger partial charge in [0.1, 0.15) is 24.7 Å². The van der Waals surface area contributed by atoms with Gasteiger partial charge in [0, 0.05) is 25.9 Å². The highest BCUT2D eigenvalue weighted by molar-refractivity contribution is 5.69. The van der Waals surface area contributed by atoms with E-state index in [-0.39, 0.29) is 25.3 Å². The Hall–Kier alpha value is -5.32. The first-order valence-electron chi connectivity index (χ1n) is 20.2. The van der Waals surface area contributed by atoms with Crippen LogP contribution in [0, 0.1) is 13.8 Å². The lowest BCUT2D eigenvalue weighted by molar-refractivity contribution is 0.137. The summed E-state index contributed by atoms with van der Waals surface area (Å²) in [5.41, 5.74) is 14.0. The normalized spacial score (nSPS) is 17.9. The van der Waals surface area contributed by atoms with Crippen LogP contribution in [0.15, 0.2) is 133 Å². The maximum atomic E-state index is 10.3. The van der Waals surface area contributed by atoms with E-state index in [1.54, 1.807) is 0 Å². The first kappa shape index (κ1) is 40.9. The highest BCUT2D eigenvalue weighted by atomic mass is 16.5. The topological polar surface area (TPSA) is 123 Å². The Morgan fingerprint density at radius 1 is 0.517 bits per heavy atom. The fourth-order valence-corrected chi connectivity index (χ4v) is 8.20. The van der Waals surface area contributed by atoms with Crippen molar-refractivity contribution in [3.05, 3.63) is 178 Å². The van der Waals surface area contributed by atoms with E-state index in [2.05, 4.69) is 109 Å². The largest absolute Gasteiger partial charge is 0.489 e. The molecule has 6 aromatic rings. The van der Waals surface area contributed by atoms with Gasteiger partial charge in [-0.25, -0.2) is 0 Å². The summed E-state index contributed by atoms with van der Waals surface area (Å²) in [4.78, 5) is 0. The zero-order valence-electron chi connectivity index (χ0n) is 33.3. The second-order valence-corrected chi connectivity index (χ2v) is 15.1. The zero-order valence-corrected chi connectivity index (χ0v) is 33.3. The van der Waals surface area contributed by atoms with Crippen LogP contribution < -0.4 is 20.1 Å². The van der Waals surface area contributed by atoms with E-state index in [1.165, 1.54) is 33.4 Å². The monoisotopic (exact) mass is 778 g/mol. The van der Waals surface area contributed by atoms with Gasteiger partial charge in [-0.1, -0.05) is 109 Å². The SMILES string of the molecule is Cc1c(COc2ccc3c(c2)C[C@H](O)[C@@H]3NCCO)cccc1-c1ccccc1.Cc1c(COc2ccc3c(c2)C[C@H](O)[C@H]3NCCO)cccc1-c1ccccc1. The molecule has 0 saturated carbocycles. The number of aliphatic hydroxyl groups excluding tert-OH is 4. The molecule has 8 heteroatoms. The average Bonchev–Trinajstić information content (AvgIpc) is 3.74. The molecule has 4 atom stereocenters. The second-order valence-electron chi connectivity index (χ2n) is 15.1. The molecule has 0 fully saturated rings. The van der Waals surface area contributed by atoms with Crippen molar-refractivity contribution in [3.63, 3.8) is 0 Å². The van der Waals surface area contributed by atoms with E-state index in [0.717, 1.165) is 44.9 Å². The third kappa shape index (κ3) is 9.51. The van der Waals surface area contributed by atoms with Crippen molar-refractivity contribution in [3.8, 4) is 33.8 Å². The van der Waals surface area contributed by atoms with Gasteiger partial charge in [0.15, 0.2) is 0 Å². The van der Waals surface area contributed by atoms with Gasteiger partial charge in [0.05, 0.1) is 37.5 Å². The summed E-state index contributed by atoms with van der Waals surface area (Å²) in [5.74, 6) is 1.62. The fraction of sp³-hybridized carbons (Fsp3) is 0.280. The van der Waals surface area contributed by atoms with Crippen LogP contribution in [0.25, 0.3) is 22.3 Å². The van der Waals surface area contributed by atoms with Crippen LogP contribution in [0.4, 0.5) is 0 Å². The third-order valence-corrected chi connectivity index (χ3v) is 11.3. The molecular weight excluding hydrogens is 725 g/mol. The summed E-state index contributed by atoms with van der Waals surface area (Å²) < 4.78 is 12.2. The van der Waals surface area contributed by atoms with Crippen molar-refractivity contribution < 1.29 is 29.9 Å². The van der Waals surface area contributed by atoms with E-state index >= 15 is 0 Å². The molecule has 0 saturated heterocycles. The summed E-state index contributed by atoms with van der Waals surface area (Å²) in [6.07, 6.45) is 0.240. The third-order valence-electron chi connectivity index (χ3n) is 11.3. The molecule has 8 nitrogen and oxygen atoms in total. The number of rotatable bonds is 14. The lowest BCUT2D eigenvalue weighted by atomic mass is 9.97. The van der Waals surface area contributed by atoms with Crippen LogP contribution in [0.2, 0.25) is 0 Å². The van der Waals surface area contributed by atoms with Crippen LogP contribution >= 0.6 is 0 Å². The van der Waals surface area contributed by atoms with Crippen molar-refractivity contribution in [1.29, 1.82) is 0 Å². The summed E-state index contributed by atoms with van der Waals surface area (Å²) in [7, 11) is 0. The molecule has 2 aliphatic rings. The quantitative estimate of drug-likeness (QED) is 0.0670. The number of hydrogen-bond donors (Lipinski definition) is 6. The lowest BCUT2D eigenvalue weighted by Gasteiger charge is -2.17. The smallest absolute Gasteiger partial charge is 0.120 e. The van der Waals surface area contributed by atoms with Crippen molar-refractivity contribution in [2.24, 2.45) is 0 Å². The molecule has 0 bridgehead atoms. The first-order chi connectivity index (χ1) is 28.3. The predicted octanol–water partition coefficient (Wildman–Crippen LogP) is 7.56. The Morgan fingerprint density at radius 3 is 1.33 bits per heavy atom. The van der Waals surface area contributed by atoms with Crippen molar-refractivity contribution in [2.45, 2.75) is 64.2 Å². The van der Waals surface area contributed by atoms with Gasteiger partial charge in [-0.3, -0.25) is 0 Å². The molecule has 6 N–H and O–H groups in total. The van der Waals surface area contributed by atoms with Gasteiger partial charge in [-0.2, -0.15) is 0 Å². The van der Waals surface area contributed by atoms with Gasteiger partial charge in [-0.15, -0.1) is 0 Å². The predicted molar refractivity (Wildman–Crippen MR) is 230 cm³/mol. The highest BCUT2D eigenvalue weighted by Gasteiger charge is 2.32. The number of benzene rings is 6. The zero-order chi connectivity index (χ0) is 40.4. The summed E-state index contributed by atoms with van der Waals surface area (Å²) in [6.45, 7) is 6.32. The average molecular weight is 779 g/mol. The standard InChI is InChI=1S/2C25H27NO3/c2*1-17-19(8-5-9-22(17)18-6-3-2-4-7-18)16-29-21-10-11-23-20(14-21)15-24(28)25(23)26-12-13-27/h2*2-11,14,24-28H,12-13,15-16H2,1H3/t24-,25+;24-,25-/m00/s1. The van der Waals surface area contributed by atoms with E-state index in [4.69, 9.17) is 19.7 Å². The number of aliphatic hydroxyl groups is 4. The minimum absolute atomic E-state index is 0.0567. The van der Waals surface area contributed by atoms with Crippen molar-refractivity contribution >= 4 is 0 Å². The van der Waals surface area contributed by atoms with E-state index < -0.39 is 12.2 Å². The van der Waals surface area contributed by atoms with E-state index in [9.17, 15) is 10.2 Å². The highest BCUT2D eigenvalue weighted by Crippen LogP contribution is 2.36. The molecule has 6 aromatic carbocycles. The summed E-state index contributed by atoms with van der Waals surface area (Å²) >= 11 is 0. The molecule has 0 amide bonds. The Labute approximate surface area is 341 Å². The molecular formula is C50H54N2O6. The molecule has 0 aromatic heterocycles. The number of ether oxygens (including phenoxy) is 2. The van der Waals surface area contributed by atoms with Gasteiger partial charge >= 0.3 is 0 Å². The van der Waals surface area contributed by atoms with Gasteiger partial charge in [0.2, 0.25) is 0 Å². The number of nitrogens with one attached hydrogen (secondary N) is 2. The molecule has 0 spiro atoms. The molecule has 0 unspecified atom stereocenters. The first-order valence-corrected chi connectivity index (χ1v) is 20.2. The molecule has 0 radical (unpaired) electrons. The molecule has 8 rings (SSSR count). The number of fused-ring (bicyclic) bond motifs is 2. The minimum Gasteiger partial charge on any atom is -0.489 e. The van der Waals surface area contributed by atoms with Crippen LogP contribution in [-0.2, 0) is 26.1 Å². The second kappa shape index (κ2) is 19.4. The van der Waals surface area contributed by atoms with Crippen molar-refractivity contribution in [1.82, 2.24) is 10.6 Å². The summed E-state index contributed by atoms with van der Waals surface area (Å²) in [6, 6.07) is 45.2. The Kier molecular flexibility index (Phi) is 13.7. The van der Waals surface area contributed by atoms with E-state index in [1.807, 2.05) is 48.5 Å². The number of hydrogen-bond acceptors (Lipinski definition) is 8.